The number of hydrogen-bond donors (Lipinski definition) is 2. The lowest BCUT2D eigenvalue weighted by Gasteiger charge is -2.28. The molecule has 0 fully saturated rings. The van der Waals surface area contributed by atoms with Crippen LogP contribution in [0.2, 0.25) is 15.1 Å². The largest absolute Gasteiger partial charge is 0.480 e. The number of amidine groups is 1. The minimum Gasteiger partial charge on any atom is -0.480 e. The molecule has 0 saturated carbocycles. The third kappa shape index (κ3) is 7.50. The van der Waals surface area contributed by atoms with E-state index in [1.165, 1.54) is 12.1 Å². The second-order valence-corrected chi connectivity index (χ2v) is 12.2. The molecule has 8 nitrogen and oxygen atoms in total. The zero-order chi connectivity index (χ0) is 31.5. The van der Waals surface area contributed by atoms with Gasteiger partial charge in [-0.1, -0.05) is 86.3 Å². The van der Waals surface area contributed by atoms with E-state index < -0.39 is 17.9 Å². The van der Waals surface area contributed by atoms with Gasteiger partial charge in [0.25, 0.3) is 17.7 Å². The monoisotopic (exact) mass is 642 g/mol. The van der Waals surface area contributed by atoms with Gasteiger partial charge in [0, 0.05) is 21.8 Å². The van der Waals surface area contributed by atoms with Crippen LogP contribution in [-0.2, 0) is 15.0 Å². The third-order valence-electron chi connectivity index (χ3n) is 7.30. The van der Waals surface area contributed by atoms with Crippen molar-refractivity contribution in [3.8, 4) is 5.75 Å². The van der Waals surface area contributed by atoms with E-state index in [1.54, 1.807) is 24.3 Å². The number of carbonyl (C=O) groups is 3. The molecule has 0 radical (unpaired) electrons. The van der Waals surface area contributed by atoms with E-state index >= 15 is 0 Å². The Morgan fingerprint density at radius 2 is 1.72 bits per heavy atom. The van der Waals surface area contributed by atoms with Crippen molar-refractivity contribution < 1.29 is 19.1 Å². The Morgan fingerprint density at radius 3 is 2.37 bits per heavy atom. The lowest BCUT2D eigenvalue weighted by Crippen LogP contribution is -2.33. The number of hydrogen-bond acceptors (Lipinski definition) is 5. The molecule has 0 saturated heterocycles. The predicted octanol–water partition coefficient (Wildman–Crippen LogP) is 7.92. The minimum atomic E-state index is -0.747. The Kier molecular flexibility index (Phi) is 10.1. The molecule has 0 spiro atoms. The molecule has 3 amide bonds. The maximum absolute atomic E-state index is 13.3. The van der Waals surface area contributed by atoms with Crippen LogP contribution < -0.4 is 20.4 Å². The summed E-state index contributed by atoms with van der Waals surface area (Å²) in [5, 5.41) is 11.4. The first-order valence-corrected chi connectivity index (χ1v) is 15.0. The fraction of sp³-hybridized carbons (Fsp3) is 0.312. The Morgan fingerprint density at radius 1 is 1.02 bits per heavy atom. The van der Waals surface area contributed by atoms with Crippen LogP contribution in [0.1, 0.15) is 68.4 Å². The van der Waals surface area contributed by atoms with Crippen LogP contribution in [0.25, 0.3) is 0 Å². The van der Waals surface area contributed by atoms with E-state index in [0.29, 0.717) is 22.9 Å². The Bertz CT molecular complexity index is 1580. The first kappa shape index (κ1) is 32.3. The molecule has 1 unspecified atom stereocenters. The molecule has 11 heteroatoms. The molecule has 0 bridgehead atoms. The van der Waals surface area contributed by atoms with Gasteiger partial charge < -0.3 is 15.4 Å². The van der Waals surface area contributed by atoms with Gasteiger partial charge in [-0.15, -0.1) is 0 Å². The summed E-state index contributed by atoms with van der Waals surface area (Å²) < 4.78 is 6.25. The number of hydrazone groups is 1. The lowest BCUT2D eigenvalue weighted by atomic mass is 9.81. The van der Waals surface area contributed by atoms with Crippen LogP contribution in [-0.4, -0.2) is 29.7 Å². The van der Waals surface area contributed by atoms with Crippen LogP contribution >= 0.6 is 34.8 Å². The minimum absolute atomic E-state index is 0.120. The molecule has 1 heterocycles. The molecule has 3 aromatic carbocycles. The van der Waals surface area contributed by atoms with Gasteiger partial charge in [0.15, 0.2) is 6.10 Å². The average Bonchev–Trinajstić information content (AvgIpc) is 3.30. The fourth-order valence-electron chi connectivity index (χ4n) is 4.52. The number of aryl methyl sites for hydroxylation is 1. The lowest BCUT2D eigenvalue weighted by molar-refractivity contribution is -0.123. The molecular formula is C32H33Cl3N4O4. The van der Waals surface area contributed by atoms with Crippen molar-refractivity contribution in [1.29, 1.82) is 0 Å². The quantitative estimate of drug-likeness (QED) is 0.247. The molecule has 0 aliphatic carbocycles. The van der Waals surface area contributed by atoms with E-state index in [-0.39, 0.29) is 44.9 Å². The summed E-state index contributed by atoms with van der Waals surface area (Å²) in [7, 11) is 0. The number of ether oxygens (including phenoxy) is 1. The van der Waals surface area contributed by atoms with E-state index in [0.717, 1.165) is 22.6 Å². The summed E-state index contributed by atoms with van der Waals surface area (Å²) in [5.41, 5.74) is 2.89. The molecular weight excluding hydrogens is 611 g/mol. The van der Waals surface area contributed by atoms with Crippen molar-refractivity contribution in [1.82, 2.24) is 5.32 Å². The summed E-state index contributed by atoms with van der Waals surface area (Å²) in [5.74, 6) is -0.470. The maximum Gasteiger partial charge on any atom is 0.265 e. The number of halogens is 3. The zero-order valence-electron chi connectivity index (χ0n) is 24.6. The Hall–Kier alpha value is -3.59. The van der Waals surface area contributed by atoms with Crippen LogP contribution in [0.4, 0.5) is 11.4 Å². The van der Waals surface area contributed by atoms with Gasteiger partial charge in [0.2, 0.25) is 0 Å². The predicted molar refractivity (Wildman–Crippen MR) is 173 cm³/mol. The van der Waals surface area contributed by atoms with Crippen LogP contribution in [0.3, 0.4) is 0 Å². The number of nitrogens with zero attached hydrogens (tertiary/aromatic N) is 2. The summed E-state index contributed by atoms with van der Waals surface area (Å²) in [6, 6.07) is 15.3. The van der Waals surface area contributed by atoms with Gasteiger partial charge >= 0.3 is 0 Å². The average molecular weight is 644 g/mol. The molecule has 3 aromatic rings. The SMILES string of the molecule is CCC(Oc1ccc(C)cc1C(C)(C)CC)C(=O)Nc1cccc(C(=O)NC2=NN(c3c(Cl)cc(Cl)cc3Cl)C(=O)C2)c1. The van der Waals surface area contributed by atoms with Crippen molar-refractivity contribution in [2.24, 2.45) is 5.10 Å². The molecule has 0 aromatic heterocycles. The zero-order valence-corrected chi connectivity index (χ0v) is 26.8. The van der Waals surface area contributed by atoms with Crippen LogP contribution in [0.5, 0.6) is 5.75 Å². The van der Waals surface area contributed by atoms with E-state index in [2.05, 4.69) is 42.6 Å². The first-order chi connectivity index (χ1) is 20.3. The topological polar surface area (TPSA) is 100 Å². The van der Waals surface area contributed by atoms with Crippen molar-refractivity contribution >= 4 is 69.7 Å². The molecule has 4 rings (SSSR count). The Balaban J connectivity index is 1.46. The molecule has 2 N–H and O–H groups in total. The summed E-state index contributed by atoms with van der Waals surface area (Å²) in [6.45, 7) is 10.3. The molecule has 226 valence electrons. The Labute approximate surface area is 266 Å². The summed E-state index contributed by atoms with van der Waals surface area (Å²) in [4.78, 5) is 39.0. The number of amides is 3. The highest BCUT2D eigenvalue weighted by atomic mass is 35.5. The van der Waals surface area contributed by atoms with E-state index in [4.69, 9.17) is 39.5 Å². The number of anilines is 2. The summed E-state index contributed by atoms with van der Waals surface area (Å²) in [6.07, 6.45) is 0.440. The molecule has 1 aliphatic rings. The van der Waals surface area contributed by atoms with Gasteiger partial charge in [0.05, 0.1) is 16.5 Å². The maximum atomic E-state index is 13.3. The molecule has 1 atom stereocenters. The normalized spacial score (nSPS) is 13.9. The highest BCUT2D eigenvalue weighted by Gasteiger charge is 2.30. The van der Waals surface area contributed by atoms with Gasteiger partial charge in [-0.2, -0.15) is 10.1 Å². The van der Waals surface area contributed by atoms with Gasteiger partial charge in [-0.3, -0.25) is 14.4 Å². The first-order valence-electron chi connectivity index (χ1n) is 13.9. The van der Waals surface area contributed by atoms with E-state index in [9.17, 15) is 14.4 Å². The van der Waals surface area contributed by atoms with Crippen molar-refractivity contribution in [3.63, 3.8) is 0 Å². The van der Waals surface area contributed by atoms with Crippen molar-refractivity contribution in [2.75, 3.05) is 10.3 Å². The van der Waals surface area contributed by atoms with Crippen LogP contribution in [0, 0.1) is 6.92 Å². The number of rotatable bonds is 9. The van der Waals surface area contributed by atoms with Crippen LogP contribution in [0.15, 0.2) is 59.7 Å². The number of benzene rings is 3. The van der Waals surface area contributed by atoms with Gasteiger partial charge in [-0.05, 0) is 61.6 Å². The second-order valence-electron chi connectivity index (χ2n) is 10.9. The van der Waals surface area contributed by atoms with Crippen molar-refractivity contribution in [2.45, 2.75) is 65.4 Å². The van der Waals surface area contributed by atoms with Gasteiger partial charge in [-0.25, -0.2) is 0 Å². The van der Waals surface area contributed by atoms with E-state index in [1.807, 2.05) is 26.0 Å². The highest BCUT2D eigenvalue weighted by molar-refractivity contribution is 6.42. The fourth-order valence-corrected chi connectivity index (χ4v) is 5.49. The molecule has 1 aliphatic heterocycles. The number of nitrogens with one attached hydrogen (secondary N) is 2. The number of carbonyl (C=O) groups excluding carboxylic acids is 3. The standard InChI is InChI=1S/C32H33Cl3N4O4/c1-6-25(43-26-12-11-18(3)13-22(26)32(4,5)7-2)31(42)36-21-10-8-9-19(14-21)30(41)37-27-17-28(40)39(38-27)29-23(34)15-20(33)16-24(29)35/h8-16,25H,6-7,17H2,1-5H3,(H,36,42)(H,37,38,41). The van der Waals surface area contributed by atoms with Gasteiger partial charge in [0.1, 0.15) is 17.3 Å². The highest BCUT2D eigenvalue weighted by Crippen LogP contribution is 2.38. The smallest absolute Gasteiger partial charge is 0.265 e. The van der Waals surface area contributed by atoms with Crippen molar-refractivity contribution in [3.05, 3.63) is 86.4 Å². The molecule has 43 heavy (non-hydrogen) atoms. The summed E-state index contributed by atoms with van der Waals surface area (Å²) >= 11 is 18.5. The third-order valence-corrected chi connectivity index (χ3v) is 8.09. The second kappa shape index (κ2) is 13.4.